The molecule has 0 radical (unpaired) electrons. The molecule has 1 heterocycles. The molecular formula is C15H15N3. The van der Waals surface area contributed by atoms with Gasteiger partial charge in [0.25, 0.3) is 0 Å². The Labute approximate surface area is 107 Å². The van der Waals surface area contributed by atoms with Crippen LogP contribution in [0.2, 0.25) is 0 Å². The number of amidine groups is 1. The average molecular weight is 237 g/mol. The monoisotopic (exact) mass is 237 g/mol. The SMILES string of the molecule is c1ccc(Nc2ccc(C3=NCCN3)cc2)cc1. The Morgan fingerprint density at radius 1 is 0.889 bits per heavy atom. The molecule has 2 N–H and O–H groups in total. The summed E-state index contributed by atoms with van der Waals surface area (Å²) in [4.78, 5) is 4.40. The van der Waals surface area contributed by atoms with Gasteiger partial charge < -0.3 is 10.6 Å². The first-order chi connectivity index (χ1) is 8.92. The van der Waals surface area contributed by atoms with Crippen LogP contribution in [0.4, 0.5) is 11.4 Å². The average Bonchev–Trinajstić information content (AvgIpc) is 2.95. The zero-order chi connectivity index (χ0) is 12.2. The van der Waals surface area contributed by atoms with Crippen LogP contribution in [0.1, 0.15) is 5.56 Å². The van der Waals surface area contributed by atoms with E-state index in [2.05, 4.69) is 52.0 Å². The number of anilines is 2. The van der Waals surface area contributed by atoms with Gasteiger partial charge in [-0.05, 0) is 36.4 Å². The number of benzene rings is 2. The largest absolute Gasteiger partial charge is 0.368 e. The van der Waals surface area contributed by atoms with E-state index in [4.69, 9.17) is 0 Å². The summed E-state index contributed by atoms with van der Waals surface area (Å²) in [5.74, 6) is 1.00. The fourth-order valence-corrected chi connectivity index (χ4v) is 1.99. The van der Waals surface area contributed by atoms with Gasteiger partial charge in [0, 0.05) is 23.5 Å². The highest BCUT2D eigenvalue weighted by molar-refractivity contribution is 6.00. The van der Waals surface area contributed by atoms with E-state index in [1.165, 1.54) is 0 Å². The molecule has 1 aliphatic rings. The van der Waals surface area contributed by atoms with Crippen molar-refractivity contribution >= 4 is 17.2 Å². The van der Waals surface area contributed by atoms with Crippen molar-refractivity contribution in [1.29, 1.82) is 0 Å². The summed E-state index contributed by atoms with van der Waals surface area (Å²) in [6, 6.07) is 18.5. The van der Waals surface area contributed by atoms with Crippen LogP contribution in [0.5, 0.6) is 0 Å². The van der Waals surface area contributed by atoms with Crippen molar-refractivity contribution in [1.82, 2.24) is 5.32 Å². The van der Waals surface area contributed by atoms with Gasteiger partial charge in [-0.3, -0.25) is 4.99 Å². The van der Waals surface area contributed by atoms with Gasteiger partial charge in [0.15, 0.2) is 0 Å². The molecule has 3 rings (SSSR count). The summed E-state index contributed by atoms with van der Waals surface area (Å²) >= 11 is 0. The Morgan fingerprint density at radius 3 is 2.28 bits per heavy atom. The van der Waals surface area contributed by atoms with Crippen molar-refractivity contribution < 1.29 is 0 Å². The number of nitrogens with one attached hydrogen (secondary N) is 2. The van der Waals surface area contributed by atoms with Crippen LogP contribution < -0.4 is 10.6 Å². The minimum atomic E-state index is 0.874. The van der Waals surface area contributed by atoms with Crippen molar-refractivity contribution in [3.8, 4) is 0 Å². The molecule has 0 fully saturated rings. The van der Waals surface area contributed by atoms with Gasteiger partial charge in [0.1, 0.15) is 5.84 Å². The lowest BCUT2D eigenvalue weighted by Gasteiger charge is -2.07. The van der Waals surface area contributed by atoms with E-state index in [1.54, 1.807) is 0 Å². The Kier molecular flexibility index (Phi) is 2.96. The van der Waals surface area contributed by atoms with Gasteiger partial charge >= 0.3 is 0 Å². The van der Waals surface area contributed by atoms with Crippen LogP contribution in [0.3, 0.4) is 0 Å². The molecule has 0 aliphatic carbocycles. The molecule has 0 unspecified atom stereocenters. The van der Waals surface area contributed by atoms with E-state index in [0.29, 0.717) is 0 Å². The molecule has 1 aliphatic heterocycles. The second-order valence-corrected chi connectivity index (χ2v) is 4.23. The molecule has 0 spiro atoms. The third-order valence-electron chi connectivity index (χ3n) is 2.89. The van der Waals surface area contributed by atoms with E-state index < -0.39 is 0 Å². The maximum absolute atomic E-state index is 4.40. The third kappa shape index (κ3) is 2.35. The van der Waals surface area contributed by atoms with Gasteiger partial charge in [-0.15, -0.1) is 0 Å². The molecule has 0 saturated heterocycles. The minimum absolute atomic E-state index is 0.874. The number of hydrogen-bond donors (Lipinski definition) is 2. The first-order valence-electron chi connectivity index (χ1n) is 6.13. The molecule has 3 nitrogen and oxygen atoms in total. The van der Waals surface area contributed by atoms with Crippen LogP contribution in [0.25, 0.3) is 0 Å². The molecule has 18 heavy (non-hydrogen) atoms. The fraction of sp³-hybridized carbons (Fsp3) is 0.133. The van der Waals surface area contributed by atoms with Crippen molar-refractivity contribution in [2.75, 3.05) is 18.4 Å². The summed E-state index contributed by atoms with van der Waals surface area (Å²) in [6.45, 7) is 1.82. The summed E-state index contributed by atoms with van der Waals surface area (Å²) in [6.07, 6.45) is 0. The van der Waals surface area contributed by atoms with Crippen molar-refractivity contribution in [2.24, 2.45) is 4.99 Å². The summed E-state index contributed by atoms with van der Waals surface area (Å²) in [7, 11) is 0. The Hall–Kier alpha value is -2.29. The highest BCUT2D eigenvalue weighted by atomic mass is 15.1. The predicted octanol–water partition coefficient (Wildman–Crippen LogP) is 2.78. The third-order valence-corrected chi connectivity index (χ3v) is 2.89. The van der Waals surface area contributed by atoms with E-state index >= 15 is 0 Å². The molecule has 0 aromatic heterocycles. The second kappa shape index (κ2) is 4.92. The van der Waals surface area contributed by atoms with Crippen molar-refractivity contribution in [3.63, 3.8) is 0 Å². The first kappa shape index (κ1) is 10.8. The first-order valence-corrected chi connectivity index (χ1v) is 6.13. The van der Waals surface area contributed by atoms with Crippen LogP contribution in [-0.4, -0.2) is 18.9 Å². The second-order valence-electron chi connectivity index (χ2n) is 4.23. The van der Waals surface area contributed by atoms with Crippen molar-refractivity contribution in [3.05, 3.63) is 60.2 Å². The number of aliphatic imine (C=N–C) groups is 1. The smallest absolute Gasteiger partial charge is 0.128 e. The Bertz CT molecular complexity index is 544. The lowest BCUT2D eigenvalue weighted by Crippen LogP contribution is -2.19. The molecule has 0 amide bonds. The standard InChI is InChI=1S/C15H15N3/c1-2-4-13(5-3-1)18-14-8-6-12(7-9-14)15-16-10-11-17-15/h1-9,18H,10-11H2,(H,16,17). The van der Waals surface area contributed by atoms with Gasteiger partial charge in [-0.2, -0.15) is 0 Å². The zero-order valence-electron chi connectivity index (χ0n) is 10.1. The molecule has 3 heteroatoms. The van der Waals surface area contributed by atoms with Crippen LogP contribution >= 0.6 is 0 Å². The van der Waals surface area contributed by atoms with Gasteiger partial charge in [0.05, 0.1) is 6.54 Å². The maximum Gasteiger partial charge on any atom is 0.128 e. The topological polar surface area (TPSA) is 36.4 Å². The quantitative estimate of drug-likeness (QED) is 0.861. The number of hydrogen-bond acceptors (Lipinski definition) is 3. The Balaban J connectivity index is 1.75. The van der Waals surface area contributed by atoms with Crippen LogP contribution in [0, 0.1) is 0 Å². The fourth-order valence-electron chi connectivity index (χ4n) is 1.99. The number of rotatable bonds is 3. The number of nitrogens with zero attached hydrogens (tertiary/aromatic N) is 1. The lowest BCUT2D eigenvalue weighted by molar-refractivity contribution is 0.960. The maximum atomic E-state index is 4.40. The molecule has 2 aromatic rings. The molecular weight excluding hydrogens is 222 g/mol. The van der Waals surface area contributed by atoms with E-state index in [1.807, 2.05) is 18.2 Å². The predicted molar refractivity (Wildman–Crippen MR) is 75.6 cm³/mol. The Morgan fingerprint density at radius 2 is 1.61 bits per heavy atom. The normalized spacial score (nSPS) is 13.9. The molecule has 2 aromatic carbocycles. The van der Waals surface area contributed by atoms with E-state index in [9.17, 15) is 0 Å². The van der Waals surface area contributed by atoms with Gasteiger partial charge in [-0.25, -0.2) is 0 Å². The highest BCUT2D eigenvalue weighted by Crippen LogP contribution is 2.17. The van der Waals surface area contributed by atoms with E-state index in [-0.39, 0.29) is 0 Å². The van der Waals surface area contributed by atoms with Gasteiger partial charge in [0.2, 0.25) is 0 Å². The minimum Gasteiger partial charge on any atom is -0.368 e. The summed E-state index contributed by atoms with van der Waals surface area (Å²) in [5, 5.41) is 6.63. The molecule has 0 bridgehead atoms. The highest BCUT2D eigenvalue weighted by Gasteiger charge is 2.07. The lowest BCUT2D eigenvalue weighted by atomic mass is 10.2. The zero-order valence-corrected chi connectivity index (χ0v) is 10.1. The molecule has 0 atom stereocenters. The molecule has 90 valence electrons. The van der Waals surface area contributed by atoms with Gasteiger partial charge in [-0.1, -0.05) is 18.2 Å². The van der Waals surface area contributed by atoms with E-state index in [0.717, 1.165) is 35.9 Å². The van der Waals surface area contributed by atoms with Crippen LogP contribution in [0.15, 0.2) is 59.6 Å². The van der Waals surface area contributed by atoms with Crippen LogP contribution in [-0.2, 0) is 0 Å². The summed E-state index contributed by atoms with van der Waals surface area (Å²) < 4.78 is 0. The molecule has 0 saturated carbocycles. The number of para-hydroxylation sites is 1. The van der Waals surface area contributed by atoms with Crippen molar-refractivity contribution in [2.45, 2.75) is 0 Å². The summed E-state index contributed by atoms with van der Waals surface area (Å²) in [5.41, 5.74) is 3.33.